The normalized spacial score (nSPS) is 10.4. The van der Waals surface area contributed by atoms with Gasteiger partial charge in [0, 0.05) is 12.1 Å². The monoisotopic (exact) mass is 360 g/mol. The van der Waals surface area contributed by atoms with Gasteiger partial charge in [-0.2, -0.15) is 0 Å². The SMILES string of the molecule is COc1ccc([N+](=O)[O-])cc1C(=O)OCc1coc(-c2cccs2)n1. The number of nitro groups is 1. The van der Waals surface area contributed by atoms with Gasteiger partial charge in [0.15, 0.2) is 0 Å². The van der Waals surface area contributed by atoms with E-state index in [2.05, 4.69) is 4.98 Å². The number of aromatic nitrogens is 1. The van der Waals surface area contributed by atoms with Crippen LogP contribution >= 0.6 is 11.3 Å². The highest BCUT2D eigenvalue weighted by Gasteiger charge is 2.19. The van der Waals surface area contributed by atoms with Crippen LogP contribution in [0, 0.1) is 10.1 Å². The molecule has 0 radical (unpaired) electrons. The summed E-state index contributed by atoms with van der Waals surface area (Å²) in [6, 6.07) is 7.44. The van der Waals surface area contributed by atoms with Crippen LogP contribution in [0.1, 0.15) is 16.1 Å². The van der Waals surface area contributed by atoms with Crippen molar-refractivity contribution in [2.24, 2.45) is 0 Å². The van der Waals surface area contributed by atoms with E-state index < -0.39 is 10.9 Å². The van der Waals surface area contributed by atoms with Gasteiger partial charge in [-0.1, -0.05) is 6.07 Å². The molecule has 0 aliphatic rings. The van der Waals surface area contributed by atoms with Crippen LogP contribution in [0.15, 0.2) is 46.4 Å². The molecule has 0 atom stereocenters. The van der Waals surface area contributed by atoms with Crippen LogP contribution in [0.5, 0.6) is 5.75 Å². The third-order valence-corrected chi connectivity index (χ3v) is 4.11. The number of hydrogen-bond donors (Lipinski definition) is 0. The molecule has 0 unspecified atom stereocenters. The van der Waals surface area contributed by atoms with E-state index in [0.717, 1.165) is 10.9 Å². The lowest BCUT2D eigenvalue weighted by Crippen LogP contribution is -2.08. The topological polar surface area (TPSA) is 105 Å². The first-order chi connectivity index (χ1) is 12.1. The van der Waals surface area contributed by atoms with Crippen LogP contribution in [0.2, 0.25) is 0 Å². The quantitative estimate of drug-likeness (QED) is 0.375. The standard InChI is InChI=1S/C16H12N2O6S/c1-22-13-5-4-11(18(20)21)7-12(13)16(19)24-9-10-8-23-15(17-10)14-3-2-6-25-14/h2-8H,9H2,1H3. The van der Waals surface area contributed by atoms with Crippen molar-refractivity contribution in [1.82, 2.24) is 4.98 Å². The first-order valence-electron chi connectivity index (χ1n) is 7.06. The van der Waals surface area contributed by atoms with Crippen LogP contribution in [-0.4, -0.2) is 23.0 Å². The van der Waals surface area contributed by atoms with Gasteiger partial charge in [-0.25, -0.2) is 9.78 Å². The minimum atomic E-state index is -0.749. The highest BCUT2D eigenvalue weighted by atomic mass is 32.1. The fraction of sp³-hybridized carbons (Fsp3) is 0.125. The maximum absolute atomic E-state index is 12.2. The first kappa shape index (κ1) is 16.7. The highest BCUT2D eigenvalue weighted by molar-refractivity contribution is 7.13. The Labute approximate surface area is 145 Å². The second kappa shape index (κ2) is 7.14. The van der Waals surface area contributed by atoms with Gasteiger partial charge in [0.25, 0.3) is 5.69 Å². The number of carbonyl (C=O) groups is 1. The van der Waals surface area contributed by atoms with Crippen LogP contribution in [-0.2, 0) is 11.3 Å². The Kier molecular flexibility index (Phi) is 4.75. The number of thiophene rings is 1. The number of carbonyl (C=O) groups excluding carboxylic acids is 1. The molecule has 0 aliphatic carbocycles. The van der Waals surface area contributed by atoms with Gasteiger partial charge < -0.3 is 13.9 Å². The number of nitrogens with zero attached hydrogens (tertiary/aromatic N) is 2. The molecule has 8 nitrogen and oxygen atoms in total. The summed E-state index contributed by atoms with van der Waals surface area (Å²) in [6.07, 6.45) is 1.40. The Morgan fingerprint density at radius 3 is 2.92 bits per heavy atom. The van der Waals surface area contributed by atoms with E-state index in [9.17, 15) is 14.9 Å². The largest absolute Gasteiger partial charge is 0.496 e. The molecule has 0 saturated heterocycles. The van der Waals surface area contributed by atoms with Crippen molar-refractivity contribution < 1.29 is 23.6 Å². The summed E-state index contributed by atoms with van der Waals surface area (Å²) < 4.78 is 15.5. The predicted molar refractivity (Wildman–Crippen MR) is 88.6 cm³/mol. The van der Waals surface area contributed by atoms with E-state index in [1.165, 1.54) is 36.8 Å². The number of esters is 1. The Morgan fingerprint density at radius 1 is 1.40 bits per heavy atom. The van der Waals surface area contributed by atoms with Gasteiger partial charge in [-0.15, -0.1) is 11.3 Å². The number of benzene rings is 1. The molecule has 2 aromatic heterocycles. The first-order valence-corrected chi connectivity index (χ1v) is 7.94. The fourth-order valence-electron chi connectivity index (χ4n) is 2.07. The van der Waals surface area contributed by atoms with E-state index in [1.807, 2.05) is 17.5 Å². The summed E-state index contributed by atoms with van der Waals surface area (Å²) in [4.78, 5) is 27.6. The Morgan fingerprint density at radius 2 is 2.24 bits per heavy atom. The fourth-order valence-corrected chi connectivity index (χ4v) is 2.73. The van der Waals surface area contributed by atoms with Crippen molar-refractivity contribution in [3.63, 3.8) is 0 Å². The molecule has 1 aromatic carbocycles. The molecule has 3 aromatic rings. The molecule has 25 heavy (non-hydrogen) atoms. The minimum Gasteiger partial charge on any atom is -0.496 e. The number of methoxy groups -OCH3 is 1. The third-order valence-electron chi connectivity index (χ3n) is 3.25. The van der Waals surface area contributed by atoms with Gasteiger partial charge in [0.05, 0.1) is 16.9 Å². The lowest BCUT2D eigenvalue weighted by Gasteiger charge is -2.07. The zero-order valence-electron chi connectivity index (χ0n) is 13.0. The zero-order chi connectivity index (χ0) is 17.8. The Hall–Kier alpha value is -3.20. The third kappa shape index (κ3) is 3.66. The second-order valence-corrected chi connectivity index (χ2v) is 5.79. The summed E-state index contributed by atoms with van der Waals surface area (Å²) >= 11 is 1.48. The molecule has 0 aliphatic heterocycles. The smallest absolute Gasteiger partial charge is 0.342 e. The van der Waals surface area contributed by atoms with Crippen LogP contribution in [0.4, 0.5) is 5.69 Å². The Bertz CT molecular complexity index is 903. The van der Waals surface area contributed by atoms with E-state index in [0.29, 0.717) is 11.6 Å². The average molecular weight is 360 g/mol. The summed E-state index contributed by atoms with van der Waals surface area (Å²) in [5.41, 5.74) is 0.175. The summed E-state index contributed by atoms with van der Waals surface area (Å²) in [5, 5.41) is 12.8. The number of rotatable bonds is 6. The molecule has 128 valence electrons. The van der Waals surface area contributed by atoms with Crippen molar-refractivity contribution >= 4 is 23.0 Å². The number of ether oxygens (including phenoxy) is 2. The van der Waals surface area contributed by atoms with Crippen LogP contribution < -0.4 is 4.74 Å². The van der Waals surface area contributed by atoms with Gasteiger partial charge in [0.2, 0.25) is 5.89 Å². The zero-order valence-corrected chi connectivity index (χ0v) is 13.8. The lowest BCUT2D eigenvalue weighted by molar-refractivity contribution is -0.384. The molecule has 0 spiro atoms. The molecule has 9 heteroatoms. The van der Waals surface area contributed by atoms with Crippen molar-refractivity contribution in [3.05, 3.63) is 63.3 Å². The maximum atomic E-state index is 12.2. The van der Waals surface area contributed by atoms with Crippen LogP contribution in [0.3, 0.4) is 0 Å². The molecule has 0 saturated carbocycles. The predicted octanol–water partition coefficient (Wildman–Crippen LogP) is 3.68. The highest BCUT2D eigenvalue weighted by Crippen LogP contribution is 2.26. The number of oxazole rings is 1. The summed E-state index contributed by atoms with van der Waals surface area (Å²) in [5.74, 6) is -0.120. The molecule has 3 rings (SSSR count). The average Bonchev–Trinajstić information content (AvgIpc) is 3.30. The molecule has 0 N–H and O–H groups in total. The molecule has 0 fully saturated rings. The number of non-ortho nitro benzene ring substituents is 1. The van der Waals surface area contributed by atoms with Gasteiger partial charge >= 0.3 is 5.97 Å². The molecule has 2 heterocycles. The maximum Gasteiger partial charge on any atom is 0.342 e. The van der Waals surface area contributed by atoms with E-state index in [-0.39, 0.29) is 23.6 Å². The Balaban J connectivity index is 1.72. The van der Waals surface area contributed by atoms with E-state index >= 15 is 0 Å². The number of nitro benzene ring substituents is 1. The minimum absolute atomic E-state index is 0.0290. The van der Waals surface area contributed by atoms with E-state index in [1.54, 1.807) is 0 Å². The van der Waals surface area contributed by atoms with Gasteiger partial charge in [0.1, 0.15) is 29.9 Å². The number of hydrogen-bond acceptors (Lipinski definition) is 8. The lowest BCUT2D eigenvalue weighted by atomic mass is 10.2. The summed E-state index contributed by atoms with van der Waals surface area (Å²) in [6.45, 7) is -0.125. The second-order valence-electron chi connectivity index (χ2n) is 4.84. The van der Waals surface area contributed by atoms with Crippen molar-refractivity contribution in [2.45, 2.75) is 6.61 Å². The summed E-state index contributed by atoms with van der Waals surface area (Å²) in [7, 11) is 1.36. The van der Waals surface area contributed by atoms with Crippen molar-refractivity contribution in [2.75, 3.05) is 7.11 Å². The van der Waals surface area contributed by atoms with Gasteiger partial charge in [-0.05, 0) is 17.5 Å². The van der Waals surface area contributed by atoms with Crippen molar-refractivity contribution in [1.29, 1.82) is 0 Å². The molecular weight excluding hydrogens is 348 g/mol. The molecular formula is C16H12N2O6S. The van der Waals surface area contributed by atoms with E-state index in [4.69, 9.17) is 13.9 Å². The van der Waals surface area contributed by atoms with Crippen molar-refractivity contribution in [3.8, 4) is 16.5 Å². The van der Waals surface area contributed by atoms with Crippen LogP contribution in [0.25, 0.3) is 10.8 Å². The van der Waals surface area contributed by atoms with Gasteiger partial charge in [-0.3, -0.25) is 10.1 Å². The molecule has 0 bridgehead atoms. The molecule has 0 amide bonds.